The third-order valence-corrected chi connectivity index (χ3v) is 6.95. The fourth-order valence-electron chi connectivity index (χ4n) is 2.95. The van der Waals surface area contributed by atoms with Gasteiger partial charge in [0.1, 0.15) is 9.79 Å². The van der Waals surface area contributed by atoms with Crippen LogP contribution in [0.5, 0.6) is 0 Å². The fraction of sp³-hybridized carbons (Fsp3) is 0.176. The summed E-state index contributed by atoms with van der Waals surface area (Å²) >= 11 is 0. The zero-order chi connectivity index (χ0) is 25.9. The highest BCUT2D eigenvalue weighted by molar-refractivity contribution is 7.87. The topological polar surface area (TPSA) is 228 Å². The molecule has 14 nitrogen and oxygen atoms in total. The number of rotatable bonds is 5. The zero-order valence-corrected chi connectivity index (χ0v) is 19.5. The lowest BCUT2D eigenvalue weighted by Gasteiger charge is -2.29. The number of esters is 2. The summed E-state index contributed by atoms with van der Waals surface area (Å²) in [6.45, 7) is 2.56. The lowest BCUT2D eigenvalue weighted by molar-refractivity contribution is -0.222. The van der Waals surface area contributed by atoms with Crippen LogP contribution in [0, 0.1) is 0 Å². The van der Waals surface area contributed by atoms with E-state index < -0.39 is 84.8 Å². The third-order valence-electron chi connectivity index (χ3n) is 4.33. The average Bonchev–Trinajstić information content (AvgIpc) is 2.62. The number of benzene rings is 2. The van der Waals surface area contributed by atoms with Gasteiger partial charge < -0.3 is 14.8 Å². The molecule has 0 amide bonds. The minimum atomic E-state index is -5.12. The van der Waals surface area contributed by atoms with Crippen LogP contribution in [0.3, 0.4) is 0 Å². The lowest BCUT2D eigenvalue weighted by atomic mass is 10.1. The zero-order valence-electron chi connectivity index (χ0n) is 17.0. The van der Waals surface area contributed by atoms with Crippen LogP contribution in [-0.4, -0.2) is 56.6 Å². The fourth-order valence-corrected chi connectivity index (χ4v) is 4.97. The van der Waals surface area contributed by atoms with Gasteiger partial charge in [-0.05, 0) is 29.7 Å². The summed E-state index contributed by atoms with van der Waals surface area (Å²) in [6, 6.07) is 2.51. The van der Waals surface area contributed by atoms with Crippen molar-refractivity contribution < 1.29 is 58.0 Å². The average molecular weight is 538 g/mol. The highest BCUT2D eigenvalue weighted by Gasteiger charge is 2.39. The summed E-state index contributed by atoms with van der Waals surface area (Å²) in [5.74, 6) is -3.85. The maximum absolute atomic E-state index is 12.1. The van der Waals surface area contributed by atoms with E-state index in [1.807, 2.05) is 0 Å². The number of ether oxygens (including phenoxy) is 2. The molecule has 184 valence electrons. The van der Waals surface area contributed by atoms with Crippen LogP contribution in [0.15, 0.2) is 50.7 Å². The van der Waals surface area contributed by atoms with Gasteiger partial charge >= 0.3 is 11.9 Å². The Kier molecular flexibility index (Phi) is 6.01. The molecule has 3 rings (SSSR count). The minimum absolute atomic E-state index is 0.417. The summed E-state index contributed by atoms with van der Waals surface area (Å²) < 4.78 is 109. The molecule has 17 heteroatoms. The number of anilines is 1. The van der Waals surface area contributed by atoms with Crippen LogP contribution in [-0.2, 0) is 49.4 Å². The van der Waals surface area contributed by atoms with Crippen molar-refractivity contribution in [3.63, 3.8) is 0 Å². The van der Waals surface area contributed by atoms with E-state index >= 15 is 0 Å². The molecule has 1 fully saturated rings. The van der Waals surface area contributed by atoms with E-state index in [0.717, 1.165) is 6.07 Å². The van der Waals surface area contributed by atoms with E-state index in [9.17, 15) is 48.5 Å². The quantitative estimate of drug-likeness (QED) is 0.178. The monoisotopic (exact) mass is 537 g/mol. The largest absolute Gasteiger partial charge is 0.419 e. The van der Waals surface area contributed by atoms with E-state index in [1.165, 1.54) is 13.8 Å². The Morgan fingerprint density at radius 2 is 1.32 bits per heavy atom. The van der Waals surface area contributed by atoms with Crippen molar-refractivity contribution >= 4 is 58.8 Å². The molecule has 0 aliphatic carbocycles. The van der Waals surface area contributed by atoms with Crippen LogP contribution in [0.1, 0.15) is 13.8 Å². The smallest absolute Gasteiger partial charge is 0.350 e. The Balaban J connectivity index is 2.28. The van der Waals surface area contributed by atoms with E-state index in [1.54, 1.807) is 0 Å². The molecule has 2 aromatic rings. The molecule has 1 aliphatic rings. The number of carbonyl (C=O) groups is 2. The second-order valence-electron chi connectivity index (χ2n) is 7.30. The molecule has 34 heavy (non-hydrogen) atoms. The number of hydrogen-bond donors (Lipinski definition) is 4. The minimum Gasteiger partial charge on any atom is -0.419 e. The maximum atomic E-state index is 12.1. The van der Waals surface area contributed by atoms with Crippen LogP contribution >= 0.6 is 0 Å². The summed E-state index contributed by atoms with van der Waals surface area (Å²) in [5.41, 5.74) is -1.30. The van der Waals surface area contributed by atoms with Crippen LogP contribution in [0.2, 0.25) is 0 Å². The molecule has 0 atom stereocenters. The molecule has 1 aliphatic heterocycles. The van der Waals surface area contributed by atoms with Crippen molar-refractivity contribution in [3.8, 4) is 0 Å². The molecule has 2 aromatic carbocycles. The first-order chi connectivity index (χ1) is 15.3. The highest BCUT2D eigenvalue weighted by atomic mass is 32.2. The third kappa shape index (κ3) is 5.18. The van der Waals surface area contributed by atoms with E-state index in [2.05, 4.69) is 5.32 Å². The van der Waals surface area contributed by atoms with Crippen LogP contribution < -0.4 is 5.32 Å². The van der Waals surface area contributed by atoms with Crippen molar-refractivity contribution in [3.05, 3.63) is 36.0 Å². The number of cyclic esters (lactones) is 2. The molecular formula is C17H15NO13S3. The lowest BCUT2D eigenvalue weighted by Crippen LogP contribution is -2.42. The molecule has 1 heterocycles. The molecular weight excluding hydrogens is 522 g/mol. The predicted octanol–water partition coefficient (Wildman–Crippen LogP) is 0.712. The second kappa shape index (κ2) is 8.00. The van der Waals surface area contributed by atoms with Gasteiger partial charge in [0.15, 0.2) is 5.57 Å². The Morgan fingerprint density at radius 1 is 0.794 bits per heavy atom. The van der Waals surface area contributed by atoms with Gasteiger partial charge in [-0.2, -0.15) is 25.3 Å². The van der Waals surface area contributed by atoms with Gasteiger partial charge in [-0.15, -0.1) is 0 Å². The Morgan fingerprint density at radius 3 is 1.79 bits per heavy atom. The number of hydrogen-bond acceptors (Lipinski definition) is 11. The molecule has 0 bridgehead atoms. The maximum Gasteiger partial charge on any atom is 0.350 e. The molecule has 0 unspecified atom stereocenters. The summed E-state index contributed by atoms with van der Waals surface area (Å²) in [6.07, 6.45) is 0.676. The van der Waals surface area contributed by atoms with Crippen molar-refractivity contribution in [2.75, 3.05) is 5.32 Å². The molecule has 0 aromatic heterocycles. The van der Waals surface area contributed by atoms with Gasteiger partial charge in [-0.25, -0.2) is 9.59 Å². The number of carbonyl (C=O) groups excluding carboxylic acids is 2. The molecule has 0 saturated carbocycles. The van der Waals surface area contributed by atoms with Gasteiger partial charge in [0, 0.05) is 25.4 Å². The highest BCUT2D eigenvalue weighted by Crippen LogP contribution is 2.34. The van der Waals surface area contributed by atoms with Gasteiger partial charge in [-0.1, -0.05) is 0 Å². The molecule has 1 saturated heterocycles. The first-order valence-electron chi connectivity index (χ1n) is 8.77. The Bertz CT molecular complexity index is 1580. The number of nitrogens with one attached hydrogen (secondary N) is 1. The van der Waals surface area contributed by atoms with Crippen molar-refractivity contribution in [2.24, 2.45) is 0 Å². The van der Waals surface area contributed by atoms with Crippen molar-refractivity contribution in [1.82, 2.24) is 0 Å². The molecule has 0 spiro atoms. The molecule has 0 radical (unpaired) electrons. The normalized spacial score (nSPS) is 16.7. The SMILES string of the molecule is CC1(C)OC(=O)C(=CNc2cc3c(S(=O)(=O)O)cc(S(=O)(=O)O)cc3cc2S(=O)(=O)O)C(=O)O1. The predicted molar refractivity (Wildman–Crippen MR) is 111 cm³/mol. The molecule has 4 N–H and O–H groups in total. The standard InChI is InChI=1S/C17H15NO13S3/c1-17(2)30-15(19)11(16(20)31-17)7-18-12-6-10-8(4-14(12)34(27,28)29)3-9(32(21,22)23)5-13(10)33(24,25)26/h3-7,18H,1-2H3,(H,21,22,23)(H,24,25,26)(H,27,28,29). The van der Waals surface area contributed by atoms with Gasteiger partial charge in [-0.3, -0.25) is 13.7 Å². The van der Waals surface area contributed by atoms with Crippen molar-refractivity contribution in [2.45, 2.75) is 34.3 Å². The summed E-state index contributed by atoms with van der Waals surface area (Å²) in [5, 5.41) is 1.36. The first kappa shape index (κ1) is 25.5. The van der Waals surface area contributed by atoms with Gasteiger partial charge in [0.25, 0.3) is 36.1 Å². The first-order valence-corrected chi connectivity index (χ1v) is 13.1. The number of fused-ring (bicyclic) bond motifs is 1. The Labute approximate surface area is 192 Å². The second-order valence-corrected chi connectivity index (χ2v) is 11.5. The van der Waals surface area contributed by atoms with Gasteiger partial charge in [0.2, 0.25) is 0 Å². The van der Waals surface area contributed by atoms with Crippen LogP contribution in [0.4, 0.5) is 5.69 Å². The van der Waals surface area contributed by atoms with Gasteiger partial charge in [0.05, 0.1) is 10.6 Å². The Hall–Kier alpha value is -3.09. The van der Waals surface area contributed by atoms with Crippen LogP contribution in [0.25, 0.3) is 10.8 Å². The van der Waals surface area contributed by atoms with Crippen molar-refractivity contribution in [1.29, 1.82) is 0 Å². The summed E-state index contributed by atoms with van der Waals surface area (Å²) in [4.78, 5) is 21.2. The van der Waals surface area contributed by atoms with E-state index in [4.69, 9.17) is 9.47 Å². The summed E-state index contributed by atoms with van der Waals surface area (Å²) in [7, 11) is -15.2. The van der Waals surface area contributed by atoms with E-state index in [-0.39, 0.29) is 0 Å². The van der Waals surface area contributed by atoms with E-state index in [0.29, 0.717) is 24.4 Å².